The fraction of sp³-hybridized carbons (Fsp3) is 0.0870. The fourth-order valence-corrected chi connectivity index (χ4v) is 3.49. The average Bonchev–Trinajstić information content (AvgIpc) is 2.79. The van der Waals surface area contributed by atoms with Gasteiger partial charge in [0, 0.05) is 0 Å². The van der Waals surface area contributed by atoms with E-state index in [-0.39, 0.29) is 5.75 Å². The van der Waals surface area contributed by atoms with Crippen LogP contribution < -0.4 is 0 Å². The number of rotatable bonds is 1. The van der Waals surface area contributed by atoms with Crippen LogP contribution in [0.5, 0.6) is 5.75 Å². The number of nitrogens with zero attached hydrogens (tertiary/aromatic N) is 1. The maximum Gasteiger partial charge on any atom is 0.116 e. The molecule has 120 valence electrons. The van der Waals surface area contributed by atoms with Crippen LogP contribution in [0.25, 0.3) is 11.6 Å². The molecule has 0 unspecified atom stereocenters. The van der Waals surface area contributed by atoms with Crippen molar-refractivity contribution in [1.82, 2.24) is 0 Å². The van der Waals surface area contributed by atoms with Crippen molar-refractivity contribution in [2.24, 2.45) is 0 Å². The van der Waals surface area contributed by atoms with Gasteiger partial charge in [-0.3, -0.25) is 0 Å². The highest BCUT2D eigenvalue weighted by atomic mass is 16.3. The van der Waals surface area contributed by atoms with E-state index in [2.05, 4.69) is 36.4 Å². The average molecular weight is 323 g/mol. The molecule has 0 fully saturated rings. The molecule has 2 heteroatoms. The molecule has 0 aromatic heterocycles. The Morgan fingerprint density at radius 1 is 0.840 bits per heavy atom. The van der Waals surface area contributed by atoms with Crippen molar-refractivity contribution in [3.63, 3.8) is 0 Å². The van der Waals surface area contributed by atoms with Gasteiger partial charge in [0.05, 0.1) is 11.6 Å². The van der Waals surface area contributed by atoms with E-state index in [0.29, 0.717) is 5.56 Å². The lowest BCUT2D eigenvalue weighted by Crippen LogP contribution is -1.93. The summed E-state index contributed by atoms with van der Waals surface area (Å²) in [5.74, 6) is 0.260. The van der Waals surface area contributed by atoms with Crippen LogP contribution in [0.15, 0.2) is 66.7 Å². The number of phenols is 1. The SMILES string of the molecule is N#Cc1ccc2c(c1)CCc1ccccc1C2=Cc1cccc(O)c1. The largest absolute Gasteiger partial charge is 0.508 e. The second kappa shape index (κ2) is 6.30. The lowest BCUT2D eigenvalue weighted by atomic mass is 9.91. The second-order valence-corrected chi connectivity index (χ2v) is 6.29. The zero-order valence-corrected chi connectivity index (χ0v) is 13.7. The Balaban J connectivity index is 1.97. The minimum absolute atomic E-state index is 0.260. The molecule has 0 spiro atoms. The summed E-state index contributed by atoms with van der Waals surface area (Å²) in [6.45, 7) is 0. The quantitative estimate of drug-likeness (QED) is 0.688. The van der Waals surface area contributed by atoms with E-state index in [4.69, 9.17) is 0 Å². The second-order valence-electron chi connectivity index (χ2n) is 6.29. The van der Waals surface area contributed by atoms with E-state index >= 15 is 0 Å². The van der Waals surface area contributed by atoms with E-state index in [1.54, 1.807) is 12.1 Å². The number of fused-ring (bicyclic) bond motifs is 2. The number of aryl methyl sites for hydroxylation is 2. The van der Waals surface area contributed by atoms with Crippen molar-refractivity contribution in [3.8, 4) is 11.8 Å². The third kappa shape index (κ3) is 2.93. The van der Waals surface area contributed by atoms with Crippen LogP contribution >= 0.6 is 0 Å². The van der Waals surface area contributed by atoms with Crippen LogP contribution in [-0.2, 0) is 12.8 Å². The Bertz CT molecular complexity index is 1020. The Morgan fingerprint density at radius 3 is 2.48 bits per heavy atom. The number of benzene rings is 3. The van der Waals surface area contributed by atoms with Gasteiger partial charge in [0.25, 0.3) is 0 Å². The monoisotopic (exact) mass is 323 g/mol. The lowest BCUT2D eigenvalue weighted by molar-refractivity contribution is 0.475. The smallest absolute Gasteiger partial charge is 0.116 e. The first-order valence-corrected chi connectivity index (χ1v) is 8.37. The summed E-state index contributed by atoms with van der Waals surface area (Å²) in [6, 6.07) is 23.9. The van der Waals surface area contributed by atoms with Crippen molar-refractivity contribution in [2.45, 2.75) is 12.8 Å². The molecule has 0 heterocycles. The summed E-state index contributed by atoms with van der Waals surface area (Å²) in [6.07, 6.45) is 3.99. The standard InChI is InChI=1S/C23H17NO/c24-15-17-8-11-22-19(12-17)10-9-18-5-1-2-7-21(18)23(22)14-16-4-3-6-20(25)13-16/h1-8,11-14,25H,9-10H2. The van der Waals surface area contributed by atoms with Crippen molar-refractivity contribution < 1.29 is 5.11 Å². The third-order valence-corrected chi connectivity index (χ3v) is 4.68. The van der Waals surface area contributed by atoms with Crippen molar-refractivity contribution in [2.75, 3.05) is 0 Å². The molecule has 3 aromatic rings. The molecule has 0 atom stereocenters. The van der Waals surface area contributed by atoms with Gasteiger partial charge in [0.15, 0.2) is 0 Å². The summed E-state index contributed by atoms with van der Waals surface area (Å²) in [7, 11) is 0. The van der Waals surface area contributed by atoms with Crippen LogP contribution in [-0.4, -0.2) is 5.11 Å². The molecule has 1 N–H and O–H groups in total. The van der Waals surface area contributed by atoms with Crippen molar-refractivity contribution in [3.05, 3.63) is 100 Å². The predicted molar refractivity (Wildman–Crippen MR) is 100 cm³/mol. The molecule has 1 aliphatic carbocycles. The third-order valence-electron chi connectivity index (χ3n) is 4.68. The molecule has 3 aromatic carbocycles. The van der Waals surface area contributed by atoms with Crippen LogP contribution in [0, 0.1) is 11.3 Å². The first-order valence-electron chi connectivity index (χ1n) is 8.37. The van der Waals surface area contributed by atoms with E-state index in [9.17, 15) is 10.4 Å². The van der Waals surface area contributed by atoms with Gasteiger partial charge in [-0.25, -0.2) is 0 Å². The van der Waals surface area contributed by atoms with Crippen LogP contribution in [0.2, 0.25) is 0 Å². The van der Waals surface area contributed by atoms with Crippen molar-refractivity contribution >= 4 is 11.6 Å². The number of nitriles is 1. The van der Waals surface area contributed by atoms with Crippen molar-refractivity contribution in [1.29, 1.82) is 5.26 Å². The Hall–Kier alpha value is -3.31. The highest BCUT2D eigenvalue weighted by molar-refractivity contribution is 5.94. The first-order chi connectivity index (χ1) is 12.2. The first kappa shape index (κ1) is 15.2. The van der Waals surface area contributed by atoms with Gasteiger partial charge >= 0.3 is 0 Å². The molecule has 0 amide bonds. The van der Waals surface area contributed by atoms with Gasteiger partial charge in [-0.15, -0.1) is 0 Å². The van der Waals surface area contributed by atoms with Gasteiger partial charge in [-0.1, -0.05) is 42.5 Å². The van der Waals surface area contributed by atoms with Crippen LogP contribution in [0.1, 0.15) is 33.4 Å². The van der Waals surface area contributed by atoms with E-state index in [1.165, 1.54) is 16.7 Å². The highest BCUT2D eigenvalue weighted by Gasteiger charge is 2.18. The summed E-state index contributed by atoms with van der Waals surface area (Å²) in [5.41, 5.74) is 7.67. The van der Waals surface area contributed by atoms with Crippen LogP contribution in [0.4, 0.5) is 0 Å². The maximum absolute atomic E-state index is 9.79. The molecule has 4 rings (SSSR count). The molecule has 0 bridgehead atoms. The number of aromatic hydroxyl groups is 1. The molecule has 2 nitrogen and oxygen atoms in total. The lowest BCUT2D eigenvalue weighted by Gasteiger charge is -2.12. The van der Waals surface area contributed by atoms with Gasteiger partial charge in [0.1, 0.15) is 5.75 Å². The molecular formula is C23H17NO. The normalized spacial score (nSPS) is 14.3. The zero-order valence-electron chi connectivity index (χ0n) is 13.7. The summed E-state index contributed by atoms with van der Waals surface area (Å²) in [4.78, 5) is 0. The Labute approximate surface area is 147 Å². The van der Waals surface area contributed by atoms with Gasteiger partial charge in [-0.05, 0) is 76.6 Å². The van der Waals surface area contributed by atoms with E-state index in [1.807, 2.05) is 30.3 Å². The predicted octanol–water partition coefficient (Wildman–Crippen LogP) is 4.95. The van der Waals surface area contributed by atoms with Gasteiger partial charge in [-0.2, -0.15) is 5.26 Å². The summed E-state index contributed by atoms with van der Waals surface area (Å²) >= 11 is 0. The maximum atomic E-state index is 9.79. The van der Waals surface area contributed by atoms with E-state index < -0.39 is 0 Å². The molecule has 0 saturated heterocycles. The Morgan fingerprint density at radius 2 is 1.64 bits per heavy atom. The number of phenolic OH excluding ortho intramolecular Hbond substituents is 1. The van der Waals surface area contributed by atoms with Gasteiger partial charge < -0.3 is 5.11 Å². The molecule has 0 saturated carbocycles. The minimum atomic E-state index is 0.260. The molecule has 25 heavy (non-hydrogen) atoms. The molecule has 0 aliphatic heterocycles. The Kier molecular flexibility index (Phi) is 3.84. The number of hydrogen-bond acceptors (Lipinski definition) is 2. The molecule has 1 aliphatic rings. The highest BCUT2D eigenvalue weighted by Crippen LogP contribution is 2.35. The van der Waals surface area contributed by atoms with Gasteiger partial charge in [0.2, 0.25) is 0 Å². The summed E-state index contributed by atoms with van der Waals surface area (Å²) < 4.78 is 0. The zero-order chi connectivity index (χ0) is 17.2. The molecular weight excluding hydrogens is 306 g/mol. The number of hydrogen-bond donors (Lipinski definition) is 1. The van der Waals surface area contributed by atoms with Crippen LogP contribution in [0.3, 0.4) is 0 Å². The summed E-state index contributed by atoms with van der Waals surface area (Å²) in [5, 5.41) is 19.0. The molecule has 0 radical (unpaired) electrons. The minimum Gasteiger partial charge on any atom is -0.508 e. The van der Waals surface area contributed by atoms with E-state index in [0.717, 1.165) is 29.5 Å². The fourth-order valence-electron chi connectivity index (χ4n) is 3.49. The topological polar surface area (TPSA) is 44.0 Å².